The lowest BCUT2D eigenvalue weighted by molar-refractivity contribution is -0.133. The van der Waals surface area contributed by atoms with Crippen LogP contribution in [0.1, 0.15) is 49.8 Å². The second-order valence-corrected chi connectivity index (χ2v) is 9.02. The van der Waals surface area contributed by atoms with Gasteiger partial charge in [0.25, 0.3) is 0 Å². The highest BCUT2D eigenvalue weighted by molar-refractivity contribution is 7.86. The van der Waals surface area contributed by atoms with E-state index in [1.165, 1.54) is 25.7 Å². The van der Waals surface area contributed by atoms with Gasteiger partial charge in [0.15, 0.2) is 0 Å². The normalized spacial score (nSPS) is 14.9. The Morgan fingerprint density at radius 1 is 1.14 bits per heavy atom. The van der Waals surface area contributed by atoms with Gasteiger partial charge in [-0.25, -0.2) is 0 Å². The van der Waals surface area contributed by atoms with Crippen molar-refractivity contribution in [2.75, 3.05) is 6.26 Å². The molecule has 2 aromatic rings. The molecule has 1 amide bonds. The predicted molar refractivity (Wildman–Crippen MR) is 106 cm³/mol. The summed E-state index contributed by atoms with van der Waals surface area (Å²) >= 11 is 0. The molecular weight excluding hydrogens is 378 g/mol. The van der Waals surface area contributed by atoms with E-state index in [0.717, 1.165) is 24.0 Å². The van der Waals surface area contributed by atoms with Crippen molar-refractivity contribution in [2.24, 2.45) is 5.92 Å². The van der Waals surface area contributed by atoms with Crippen molar-refractivity contribution in [1.82, 2.24) is 4.90 Å². The third-order valence-corrected chi connectivity index (χ3v) is 5.56. The molecular formula is C21H27NO5S. The number of amides is 1. The Morgan fingerprint density at radius 2 is 1.86 bits per heavy atom. The zero-order valence-corrected chi connectivity index (χ0v) is 17.0. The minimum absolute atomic E-state index is 0.111. The van der Waals surface area contributed by atoms with Crippen LogP contribution in [0.4, 0.5) is 0 Å². The Labute approximate surface area is 166 Å². The molecule has 0 saturated heterocycles. The molecule has 1 fully saturated rings. The van der Waals surface area contributed by atoms with Gasteiger partial charge in [-0.05, 0) is 42.2 Å². The molecule has 0 aliphatic heterocycles. The number of furan rings is 1. The van der Waals surface area contributed by atoms with Crippen molar-refractivity contribution < 1.29 is 21.8 Å². The Hall–Kier alpha value is -2.28. The van der Waals surface area contributed by atoms with E-state index in [1.807, 2.05) is 12.1 Å². The summed E-state index contributed by atoms with van der Waals surface area (Å²) in [4.78, 5) is 14.7. The molecule has 28 heavy (non-hydrogen) atoms. The molecule has 1 aliphatic rings. The zero-order valence-electron chi connectivity index (χ0n) is 16.2. The highest BCUT2D eigenvalue weighted by Gasteiger charge is 2.20. The van der Waals surface area contributed by atoms with Crippen LogP contribution in [0.2, 0.25) is 0 Å². The van der Waals surface area contributed by atoms with Crippen LogP contribution in [-0.4, -0.2) is 25.5 Å². The van der Waals surface area contributed by atoms with E-state index in [-0.39, 0.29) is 11.7 Å². The first kappa shape index (κ1) is 20.5. The highest BCUT2D eigenvalue weighted by atomic mass is 32.2. The molecule has 0 bridgehead atoms. The lowest BCUT2D eigenvalue weighted by Crippen LogP contribution is -2.30. The van der Waals surface area contributed by atoms with Crippen LogP contribution in [0, 0.1) is 5.92 Å². The van der Waals surface area contributed by atoms with Gasteiger partial charge in [-0.2, -0.15) is 8.42 Å². The maximum atomic E-state index is 12.9. The smallest absolute Gasteiger partial charge is 0.306 e. The van der Waals surface area contributed by atoms with Gasteiger partial charge in [0.05, 0.1) is 19.1 Å². The SMILES string of the molecule is CS(=O)(=O)Oc1ccc(CN(Cc2ccco2)C(=O)CCC2CCCC2)cc1. The average molecular weight is 406 g/mol. The minimum atomic E-state index is -3.55. The number of benzene rings is 1. The molecule has 3 rings (SSSR count). The van der Waals surface area contributed by atoms with Crippen molar-refractivity contribution in [3.63, 3.8) is 0 Å². The summed E-state index contributed by atoms with van der Waals surface area (Å²) in [6.07, 6.45) is 9.10. The van der Waals surface area contributed by atoms with Gasteiger partial charge in [0.2, 0.25) is 5.91 Å². The van der Waals surface area contributed by atoms with Crippen molar-refractivity contribution in [1.29, 1.82) is 0 Å². The van der Waals surface area contributed by atoms with Gasteiger partial charge >= 0.3 is 10.1 Å². The van der Waals surface area contributed by atoms with E-state index in [0.29, 0.717) is 25.4 Å². The van der Waals surface area contributed by atoms with E-state index >= 15 is 0 Å². The summed E-state index contributed by atoms with van der Waals surface area (Å²) in [6.45, 7) is 0.849. The van der Waals surface area contributed by atoms with E-state index in [2.05, 4.69) is 0 Å². The molecule has 1 aromatic heterocycles. The molecule has 1 aromatic carbocycles. The largest absolute Gasteiger partial charge is 0.467 e. The van der Waals surface area contributed by atoms with E-state index < -0.39 is 10.1 Å². The lowest BCUT2D eigenvalue weighted by atomic mass is 10.0. The Bertz CT molecular complexity index is 853. The maximum Gasteiger partial charge on any atom is 0.306 e. The molecule has 0 unspecified atom stereocenters. The van der Waals surface area contributed by atoms with Crippen LogP contribution in [-0.2, 0) is 28.0 Å². The van der Waals surface area contributed by atoms with Crippen LogP contribution in [0.15, 0.2) is 47.1 Å². The van der Waals surface area contributed by atoms with E-state index in [9.17, 15) is 13.2 Å². The second-order valence-electron chi connectivity index (χ2n) is 7.45. The molecule has 0 radical (unpaired) electrons. The molecule has 7 heteroatoms. The van der Waals surface area contributed by atoms with Crippen molar-refractivity contribution >= 4 is 16.0 Å². The quantitative estimate of drug-likeness (QED) is 0.587. The Balaban J connectivity index is 1.64. The van der Waals surface area contributed by atoms with Gasteiger partial charge in [-0.1, -0.05) is 37.8 Å². The van der Waals surface area contributed by atoms with E-state index in [1.54, 1.807) is 35.4 Å². The number of carbonyl (C=O) groups excluding carboxylic acids is 1. The highest BCUT2D eigenvalue weighted by Crippen LogP contribution is 2.29. The number of hydrogen-bond donors (Lipinski definition) is 0. The number of hydrogen-bond acceptors (Lipinski definition) is 5. The van der Waals surface area contributed by atoms with Crippen LogP contribution in [0.25, 0.3) is 0 Å². The lowest BCUT2D eigenvalue weighted by Gasteiger charge is -2.23. The van der Waals surface area contributed by atoms with Crippen molar-refractivity contribution in [2.45, 2.75) is 51.6 Å². The molecule has 0 spiro atoms. The molecule has 1 aliphatic carbocycles. The van der Waals surface area contributed by atoms with Crippen molar-refractivity contribution in [3.8, 4) is 5.75 Å². The maximum absolute atomic E-state index is 12.9. The zero-order chi connectivity index (χ0) is 20.0. The standard InChI is InChI=1S/C21H27NO5S/c1-28(24,25)27-19-11-8-18(9-12-19)15-22(16-20-7-4-14-26-20)21(23)13-10-17-5-2-3-6-17/h4,7-9,11-12,14,17H,2-3,5-6,10,13,15-16H2,1H3. The molecule has 1 heterocycles. The summed E-state index contributed by atoms with van der Waals surface area (Å²) in [7, 11) is -3.55. The van der Waals surface area contributed by atoms with Gasteiger partial charge in [-0.15, -0.1) is 0 Å². The molecule has 6 nitrogen and oxygen atoms in total. The Morgan fingerprint density at radius 3 is 2.46 bits per heavy atom. The summed E-state index contributed by atoms with van der Waals surface area (Å²) in [5.74, 6) is 1.78. The summed E-state index contributed by atoms with van der Waals surface area (Å²) < 4.78 is 32.7. The monoisotopic (exact) mass is 405 g/mol. The number of nitrogens with zero attached hydrogens (tertiary/aromatic N) is 1. The fourth-order valence-electron chi connectivity index (χ4n) is 3.65. The Kier molecular flexibility index (Phi) is 6.78. The van der Waals surface area contributed by atoms with Gasteiger partial charge in [0, 0.05) is 13.0 Å². The first-order valence-electron chi connectivity index (χ1n) is 9.67. The predicted octanol–water partition coefficient (Wildman–Crippen LogP) is 4.12. The van der Waals surface area contributed by atoms with Gasteiger partial charge in [-0.3, -0.25) is 4.79 Å². The summed E-state index contributed by atoms with van der Waals surface area (Å²) in [5.41, 5.74) is 0.904. The number of carbonyl (C=O) groups is 1. The molecule has 0 atom stereocenters. The fourth-order valence-corrected chi connectivity index (χ4v) is 4.11. The first-order valence-corrected chi connectivity index (χ1v) is 11.5. The second kappa shape index (κ2) is 9.28. The molecule has 0 N–H and O–H groups in total. The molecule has 152 valence electrons. The number of rotatable bonds is 9. The average Bonchev–Trinajstić information content (AvgIpc) is 3.33. The third-order valence-electron chi connectivity index (χ3n) is 5.07. The minimum Gasteiger partial charge on any atom is -0.467 e. The van der Waals surface area contributed by atoms with Crippen LogP contribution >= 0.6 is 0 Å². The van der Waals surface area contributed by atoms with Crippen molar-refractivity contribution in [3.05, 3.63) is 54.0 Å². The first-order chi connectivity index (χ1) is 13.4. The van der Waals surface area contributed by atoms with Gasteiger partial charge < -0.3 is 13.5 Å². The van der Waals surface area contributed by atoms with Gasteiger partial charge in [0.1, 0.15) is 11.5 Å². The fraction of sp³-hybridized carbons (Fsp3) is 0.476. The third kappa shape index (κ3) is 6.41. The van der Waals surface area contributed by atoms with Crippen LogP contribution in [0.3, 0.4) is 0 Å². The topological polar surface area (TPSA) is 76.8 Å². The summed E-state index contributed by atoms with van der Waals surface area (Å²) in [5, 5.41) is 0. The molecule has 1 saturated carbocycles. The summed E-state index contributed by atoms with van der Waals surface area (Å²) in [6, 6.07) is 10.4. The van der Waals surface area contributed by atoms with Crippen LogP contribution < -0.4 is 4.18 Å². The van der Waals surface area contributed by atoms with Crippen LogP contribution in [0.5, 0.6) is 5.75 Å². The van der Waals surface area contributed by atoms with E-state index in [4.69, 9.17) is 8.60 Å².